The molecule has 0 aromatic heterocycles. The molecule has 0 spiro atoms. The van der Waals surface area contributed by atoms with Gasteiger partial charge in [0.1, 0.15) is 18.1 Å². The quantitative estimate of drug-likeness (QED) is 0.838. The first-order valence-electron chi connectivity index (χ1n) is 8.50. The van der Waals surface area contributed by atoms with Crippen LogP contribution >= 0.6 is 0 Å². The molecule has 1 N–H and O–H groups in total. The van der Waals surface area contributed by atoms with Gasteiger partial charge in [-0.1, -0.05) is 18.2 Å². The number of methoxy groups -OCH3 is 1. The summed E-state index contributed by atoms with van der Waals surface area (Å²) < 4.78 is 16.4. The zero-order valence-electron chi connectivity index (χ0n) is 14.4. The third-order valence-corrected chi connectivity index (χ3v) is 4.10. The van der Waals surface area contributed by atoms with Crippen molar-refractivity contribution in [2.45, 2.75) is 25.4 Å². The summed E-state index contributed by atoms with van der Waals surface area (Å²) in [6.07, 6.45) is 2.62. The zero-order valence-corrected chi connectivity index (χ0v) is 14.4. The molecule has 0 unspecified atom stereocenters. The van der Waals surface area contributed by atoms with Gasteiger partial charge in [0.15, 0.2) is 0 Å². The van der Waals surface area contributed by atoms with Gasteiger partial charge in [0.05, 0.1) is 19.6 Å². The minimum Gasteiger partial charge on any atom is -0.497 e. The summed E-state index contributed by atoms with van der Waals surface area (Å²) in [4.78, 5) is 12.2. The van der Waals surface area contributed by atoms with E-state index in [9.17, 15) is 4.79 Å². The lowest BCUT2D eigenvalue weighted by atomic mass is 10.1. The van der Waals surface area contributed by atoms with Crippen molar-refractivity contribution >= 4 is 11.6 Å². The second kappa shape index (κ2) is 8.53. The highest BCUT2D eigenvalue weighted by Crippen LogP contribution is 2.20. The molecule has 1 aliphatic heterocycles. The first kappa shape index (κ1) is 17.3. The highest BCUT2D eigenvalue weighted by Gasteiger charge is 2.16. The minimum absolute atomic E-state index is 0.0681. The maximum absolute atomic E-state index is 12.2. The Hall–Kier alpha value is -2.53. The van der Waals surface area contributed by atoms with Crippen LogP contribution in [0.2, 0.25) is 0 Å². The number of hydrogen-bond acceptors (Lipinski definition) is 4. The van der Waals surface area contributed by atoms with Crippen LogP contribution in [0.3, 0.4) is 0 Å². The molecule has 1 saturated heterocycles. The first-order valence-corrected chi connectivity index (χ1v) is 8.50. The molecule has 1 heterocycles. The molecule has 1 atom stereocenters. The fraction of sp³-hybridized carbons (Fsp3) is 0.350. The molecular formula is C20H23NO4. The number of benzene rings is 2. The van der Waals surface area contributed by atoms with Gasteiger partial charge in [-0.3, -0.25) is 4.79 Å². The van der Waals surface area contributed by atoms with E-state index < -0.39 is 0 Å². The van der Waals surface area contributed by atoms with Crippen LogP contribution in [0.15, 0.2) is 48.5 Å². The van der Waals surface area contributed by atoms with Crippen LogP contribution in [-0.2, 0) is 16.0 Å². The average molecular weight is 341 g/mol. The molecule has 0 radical (unpaired) electrons. The van der Waals surface area contributed by atoms with E-state index >= 15 is 0 Å². The average Bonchev–Trinajstić information content (AvgIpc) is 3.14. The smallest absolute Gasteiger partial charge is 0.228 e. The molecule has 1 aliphatic rings. The SMILES string of the molecule is COc1ccc(CC(=O)Nc2cccc(OC[C@H]3CCCO3)c2)cc1. The molecule has 0 aliphatic carbocycles. The lowest BCUT2D eigenvalue weighted by Crippen LogP contribution is -2.17. The zero-order chi connectivity index (χ0) is 17.5. The van der Waals surface area contributed by atoms with E-state index in [0.29, 0.717) is 13.0 Å². The van der Waals surface area contributed by atoms with Crippen LogP contribution < -0.4 is 14.8 Å². The maximum atomic E-state index is 12.2. The molecule has 0 bridgehead atoms. The Bertz CT molecular complexity index is 693. The largest absolute Gasteiger partial charge is 0.497 e. The molecule has 2 aromatic carbocycles. The number of amides is 1. The Morgan fingerprint density at radius 1 is 1.20 bits per heavy atom. The Balaban J connectivity index is 1.52. The van der Waals surface area contributed by atoms with Gasteiger partial charge in [0.25, 0.3) is 0 Å². The van der Waals surface area contributed by atoms with E-state index in [1.165, 1.54) is 0 Å². The lowest BCUT2D eigenvalue weighted by Gasteiger charge is -2.12. The Kier molecular flexibility index (Phi) is 5.90. The Morgan fingerprint density at radius 3 is 2.76 bits per heavy atom. The van der Waals surface area contributed by atoms with Crippen LogP contribution in [0.5, 0.6) is 11.5 Å². The molecular weight excluding hydrogens is 318 g/mol. The monoisotopic (exact) mass is 341 g/mol. The Labute approximate surface area is 147 Å². The van der Waals surface area contributed by atoms with E-state index in [0.717, 1.165) is 42.2 Å². The molecule has 132 valence electrons. The summed E-state index contributed by atoms with van der Waals surface area (Å²) in [6, 6.07) is 14.9. The Morgan fingerprint density at radius 2 is 2.04 bits per heavy atom. The van der Waals surface area contributed by atoms with Gasteiger partial charge in [0.2, 0.25) is 5.91 Å². The van der Waals surface area contributed by atoms with Crippen LogP contribution in [0.25, 0.3) is 0 Å². The maximum Gasteiger partial charge on any atom is 0.228 e. The molecule has 1 fully saturated rings. The van der Waals surface area contributed by atoms with Crippen molar-refractivity contribution in [2.24, 2.45) is 0 Å². The predicted molar refractivity (Wildman–Crippen MR) is 96.2 cm³/mol. The topological polar surface area (TPSA) is 56.8 Å². The molecule has 25 heavy (non-hydrogen) atoms. The number of ether oxygens (including phenoxy) is 3. The van der Waals surface area contributed by atoms with Gasteiger partial charge in [-0.05, 0) is 42.7 Å². The molecule has 0 saturated carbocycles. The van der Waals surface area contributed by atoms with E-state index in [1.807, 2.05) is 48.5 Å². The number of hydrogen-bond donors (Lipinski definition) is 1. The van der Waals surface area contributed by atoms with Gasteiger partial charge >= 0.3 is 0 Å². The van der Waals surface area contributed by atoms with Crippen molar-refractivity contribution in [3.05, 3.63) is 54.1 Å². The number of carbonyl (C=O) groups is 1. The first-order chi connectivity index (χ1) is 12.2. The fourth-order valence-corrected chi connectivity index (χ4v) is 2.76. The van der Waals surface area contributed by atoms with Crippen molar-refractivity contribution in [3.63, 3.8) is 0 Å². The lowest BCUT2D eigenvalue weighted by molar-refractivity contribution is -0.115. The van der Waals surface area contributed by atoms with E-state index in [4.69, 9.17) is 14.2 Å². The second-order valence-corrected chi connectivity index (χ2v) is 6.05. The second-order valence-electron chi connectivity index (χ2n) is 6.05. The summed E-state index contributed by atoms with van der Waals surface area (Å²) in [7, 11) is 1.62. The van der Waals surface area contributed by atoms with Crippen molar-refractivity contribution in [2.75, 3.05) is 25.6 Å². The van der Waals surface area contributed by atoms with E-state index in [1.54, 1.807) is 7.11 Å². The summed E-state index contributed by atoms with van der Waals surface area (Å²) in [5.74, 6) is 1.44. The summed E-state index contributed by atoms with van der Waals surface area (Å²) in [5, 5.41) is 2.91. The normalized spacial score (nSPS) is 16.4. The van der Waals surface area contributed by atoms with Crippen molar-refractivity contribution < 1.29 is 19.0 Å². The number of nitrogens with one attached hydrogen (secondary N) is 1. The number of anilines is 1. The van der Waals surface area contributed by atoms with Crippen LogP contribution in [0.1, 0.15) is 18.4 Å². The third-order valence-electron chi connectivity index (χ3n) is 4.10. The third kappa shape index (κ3) is 5.22. The van der Waals surface area contributed by atoms with Gasteiger partial charge < -0.3 is 19.5 Å². The minimum atomic E-state index is -0.0681. The molecule has 5 nitrogen and oxygen atoms in total. The highest BCUT2D eigenvalue weighted by molar-refractivity contribution is 5.92. The fourth-order valence-electron chi connectivity index (χ4n) is 2.76. The van der Waals surface area contributed by atoms with Gasteiger partial charge in [-0.15, -0.1) is 0 Å². The number of rotatable bonds is 7. The van der Waals surface area contributed by atoms with Crippen molar-refractivity contribution in [1.29, 1.82) is 0 Å². The summed E-state index contributed by atoms with van der Waals surface area (Å²) in [5.41, 5.74) is 1.66. The van der Waals surface area contributed by atoms with Gasteiger partial charge in [0, 0.05) is 18.4 Å². The summed E-state index contributed by atoms with van der Waals surface area (Å²) >= 11 is 0. The van der Waals surface area contributed by atoms with Gasteiger partial charge in [-0.25, -0.2) is 0 Å². The van der Waals surface area contributed by atoms with Crippen molar-refractivity contribution in [3.8, 4) is 11.5 Å². The van der Waals surface area contributed by atoms with E-state index in [-0.39, 0.29) is 12.0 Å². The molecule has 3 rings (SSSR count). The van der Waals surface area contributed by atoms with Crippen LogP contribution in [0, 0.1) is 0 Å². The molecule has 1 amide bonds. The number of carbonyl (C=O) groups excluding carboxylic acids is 1. The summed E-state index contributed by atoms with van der Waals surface area (Å²) in [6.45, 7) is 1.36. The van der Waals surface area contributed by atoms with E-state index in [2.05, 4.69) is 5.32 Å². The van der Waals surface area contributed by atoms with Crippen molar-refractivity contribution in [1.82, 2.24) is 0 Å². The predicted octanol–water partition coefficient (Wildman–Crippen LogP) is 3.43. The highest BCUT2D eigenvalue weighted by atomic mass is 16.5. The molecule has 2 aromatic rings. The standard InChI is InChI=1S/C20H23NO4/c1-23-17-9-7-15(8-10-17)12-20(22)21-16-4-2-5-18(13-16)25-14-19-6-3-11-24-19/h2,4-5,7-10,13,19H,3,6,11-12,14H2,1H3,(H,21,22)/t19-/m1/s1. The molecule has 5 heteroatoms. The van der Waals surface area contributed by atoms with Gasteiger partial charge in [-0.2, -0.15) is 0 Å². The van der Waals surface area contributed by atoms with Crippen LogP contribution in [0.4, 0.5) is 5.69 Å². The van der Waals surface area contributed by atoms with Crippen LogP contribution in [-0.4, -0.2) is 32.3 Å².